The smallest absolute Gasteiger partial charge is 0.218 e. The summed E-state index contributed by atoms with van der Waals surface area (Å²) in [7, 11) is 3.35. The van der Waals surface area contributed by atoms with Gasteiger partial charge in [-0.3, -0.25) is 4.90 Å². The average molecular weight is 225 g/mol. The van der Waals surface area contributed by atoms with Crippen LogP contribution >= 0.6 is 0 Å². The maximum atomic E-state index is 5.25. The summed E-state index contributed by atoms with van der Waals surface area (Å²) in [6.45, 7) is 1.97. The molecular weight excluding hydrogens is 206 g/mol. The van der Waals surface area contributed by atoms with Gasteiger partial charge in [0, 0.05) is 45.6 Å². The number of nitrogens with one attached hydrogen (secondary N) is 1. The van der Waals surface area contributed by atoms with Gasteiger partial charge in [0.05, 0.1) is 0 Å². The number of hydrogen-bond acceptors (Lipinski definition) is 4. The second-order valence-corrected chi connectivity index (χ2v) is 4.06. The highest BCUT2D eigenvalue weighted by atomic mass is 16.7. The molecule has 0 aromatic carbocycles. The molecule has 1 N–H and O–H groups in total. The number of methoxy groups -OCH3 is 2. The van der Waals surface area contributed by atoms with Crippen molar-refractivity contribution >= 4 is 0 Å². The van der Waals surface area contributed by atoms with Crippen LogP contribution in [0.2, 0.25) is 0 Å². The second-order valence-electron chi connectivity index (χ2n) is 4.06. The lowest BCUT2D eigenvalue weighted by Crippen LogP contribution is -2.43. The average Bonchev–Trinajstić information content (AvgIpc) is 2.85. The molecule has 16 heavy (non-hydrogen) atoms. The Hall–Kier alpha value is -0.910. The first-order chi connectivity index (χ1) is 7.85. The number of H-pyrrole nitrogens is 1. The number of ether oxygens (including phenoxy) is 2. The Bertz CT molecular complexity index is 290. The van der Waals surface area contributed by atoms with Crippen LogP contribution in [0.3, 0.4) is 0 Å². The van der Waals surface area contributed by atoms with Gasteiger partial charge in [0.1, 0.15) is 5.82 Å². The van der Waals surface area contributed by atoms with Gasteiger partial charge in [0.15, 0.2) is 0 Å². The van der Waals surface area contributed by atoms with Gasteiger partial charge in [-0.05, 0) is 12.8 Å². The standard InChI is InChI=1S/C11H19N3O2/c1-15-11(16-2)14-7-3-9(4-8-14)10-12-5-6-13-10/h5-6,9,11H,3-4,7-8H2,1-2H3,(H,12,13). The van der Waals surface area contributed by atoms with E-state index in [0.29, 0.717) is 5.92 Å². The molecule has 0 aliphatic carbocycles. The van der Waals surface area contributed by atoms with E-state index in [-0.39, 0.29) is 6.41 Å². The highest BCUT2D eigenvalue weighted by molar-refractivity contribution is 4.98. The Labute approximate surface area is 95.8 Å². The van der Waals surface area contributed by atoms with Crippen molar-refractivity contribution in [3.8, 4) is 0 Å². The Morgan fingerprint density at radius 1 is 1.38 bits per heavy atom. The van der Waals surface area contributed by atoms with Crippen molar-refractivity contribution in [3.05, 3.63) is 18.2 Å². The molecule has 2 rings (SSSR count). The minimum Gasteiger partial charge on any atom is -0.348 e. The molecule has 1 saturated heterocycles. The second kappa shape index (κ2) is 5.43. The fraction of sp³-hybridized carbons (Fsp3) is 0.727. The molecule has 1 aliphatic rings. The lowest BCUT2D eigenvalue weighted by Gasteiger charge is -2.34. The van der Waals surface area contributed by atoms with Crippen molar-refractivity contribution in [1.82, 2.24) is 14.9 Å². The van der Waals surface area contributed by atoms with Crippen molar-refractivity contribution in [2.24, 2.45) is 0 Å². The van der Waals surface area contributed by atoms with E-state index in [1.165, 1.54) is 0 Å². The summed E-state index contributed by atoms with van der Waals surface area (Å²) in [6.07, 6.45) is 5.68. The van der Waals surface area contributed by atoms with Crippen LogP contribution in [0.5, 0.6) is 0 Å². The number of likely N-dealkylation sites (tertiary alicyclic amines) is 1. The van der Waals surface area contributed by atoms with Crippen molar-refractivity contribution in [1.29, 1.82) is 0 Å². The Kier molecular flexibility index (Phi) is 3.93. The van der Waals surface area contributed by atoms with Crippen molar-refractivity contribution in [3.63, 3.8) is 0 Å². The number of piperidine rings is 1. The van der Waals surface area contributed by atoms with Crippen LogP contribution in [-0.2, 0) is 9.47 Å². The topological polar surface area (TPSA) is 50.4 Å². The molecule has 0 radical (unpaired) electrons. The first-order valence-electron chi connectivity index (χ1n) is 5.64. The molecule has 1 aliphatic heterocycles. The van der Waals surface area contributed by atoms with Crippen molar-refractivity contribution < 1.29 is 9.47 Å². The van der Waals surface area contributed by atoms with Crippen LogP contribution in [0.4, 0.5) is 0 Å². The third kappa shape index (κ3) is 2.42. The zero-order valence-corrected chi connectivity index (χ0v) is 9.85. The molecule has 0 amide bonds. The number of rotatable bonds is 4. The summed E-state index contributed by atoms with van der Waals surface area (Å²) in [4.78, 5) is 9.71. The summed E-state index contributed by atoms with van der Waals surface area (Å²) in [6, 6.07) is 0. The Morgan fingerprint density at radius 3 is 2.56 bits per heavy atom. The summed E-state index contributed by atoms with van der Waals surface area (Å²) in [5.41, 5.74) is 0. The van der Waals surface area contributed by atoms with Gasteiger partial charge in [0.25, 0.3) is 0 Å². The Morgan fingerprint density at radius 2 is 2.06 bits per heavy atom. The minimum absolute atomic E-state index is 0.211. The molecule has 0 bridgehead atoms. The molecule has 0 unspecified atom stereocenters. The van der Waals surface area contributed by atoms with Gasteiger partial charge >= 0.3 is 0 Å². The molecule has 1 aromatic heterocycles. The summed E-state index contributed by atoms with van der Waals surface area (Å²) >= 11 is 0. The van der Waals surface area contributed by atoms with Crippen LogP contribution in [0.1, 0.15) is 24.6 Å². The molecular formula is C11H19N3O2. The van der Waals surface area contributed by atoms with Crippen LogP contribution in [-0.4, -0.2) is 48.6 Å². The first-order valence-corrected chi connectivity index (χ1v) is 5.64. The van der Waals surface area contributed by atoms with Crippen molar-refractivity contribution in [2.75, 3.05) is 27.3 Å². The van der Waals surface area contributed by atoms with Gasteiger partial charge in [-0.2, -0.15) is 0 Å². The van der Waals surface area contributed by atoms with E-state index >= 15 is 0 Å². The van der Waals surface area contributed by atoms with Crippen LogP contribution < -0.4 is 0 Å². The van der Waals surface area contributed by atoms with E-state index in [4.69, 9.17) is 9.47 Å². The molecule has 1 fully saturated rings. The molecule has 5 nitrogen and oxygen atoms in total. The van der Waals surface area contributed by atoms with Gasteiger partial charge < -0.3 is 14.5 Å². The predicted octanol–water partition coefficient (Wildman–Crippen LogP) is 1.17. The van der Waals surface area contributed by atoms with Crippen molar-refractivity contribution in [2.45, 2.75) is 25.2 Å². The summed E-state index contributed by atoms with van der Waals surface area (Å²) in [5.74, 6) is 1.65. The van der Waals surface area contributed by atoms with Crippen LogP contribution in [0.25, 0.3) is 0 Å². The fourth-order valence-corrected chi connectivity index (χ4v) is 2.28. The highest BCUT2D eigenvalue weighted by Gasteiger charge is 2.26. The summed E-state index contributed by atoms with van der Waals surface area (Å²) in [5, 5.41) is 0. The summed E-state index contributed by atoms with van der Waals surface area (Å²) < 4.78 is 10.5. The van der Waals surface area contributed by atoms with Gasteiger partial charge in [-0.15, -0.1) is 0 Å². The Balaban J connectivity index is 1.87. The molecule has 90 valence electrons. The molecule has 2 heterocycles. The SMILES string of the molecule is COC(OC)N1CCC(c2ncc[nH]2)CC1. The van der Waals surface area contributed by atoms with E-state index < -0.39 is 0 Å². The van der Waals surface area contributed by atoms with E-state index in [1.807, 2.05) is 12.4 Å². The highest BCUT2D eigenvalue weighted by Crippen LogP contribution is 2.26. The third-order valence-corrected chi connectivity index (χ3v) is 3.14. The van der Waals surface area contributed by atoms with Crippen LogP contribution in [0.15, 0.2) is 12.4 Å². The van der Waals surface area contributed by atoms with Gasteiger partial charge in [0.2, 0.25) is 6.41 Å². The molecule has 1 aromatic rings. The number of imidazole rings is 1. The number of aromatic nitrogens is 2. The van der Waals surface area contributed by atoms with E-state index in [0.717, 1.165) is 31.8 Å². The fourth-order valence-electron chi connectivity index (χ4n) is 2.28. The predicted molar refractivity (Wildman–Crippen MR) is 59.9 cm³/mol. The molecule has 0 atom stereocenters. The van der Waals surface area contributed by atoms with E-state index in [1.54, 1.807) is 14.2 Å². The van der Waals surface area contributed by atoms with Gasteiger partial charge in [-0.25, -0.2) is 4.98 Å². The largest absolute Gasteiger partial charge is 0.348 e. The van der Waals surface area contributed by atoms with Crippen LogP contribution in [0, 0.1) is 0 Å². The van der Waals surface area contributed by atoms with E-state index in [9.17, 15) is 0 Å². The number of aromatic amines is 1. The number of hydrogen-bond donors (Lipinski definition) is 1. The minimum atomic E-state index is -0.211. The number of nitrogens with zero attached hydrogens (tertiary/aromatic N) is 2. The molecule has 0 saturated carbocycles. The normalized spacial score (nSPS) is 19.4. The zero-order valence-electron chi connectivity index (χ0n) is 9.85. The molecule has 5 heteroatoms. The first kappa shape index (κ1) is 11.6. The quantitative estimate of drug-likeness (QED) is 0.781. The maximum absolute atomic E-state index is 5.25. The molecule has 0 spiro atoms. The third-order valence-electron chi connectivity index (χ3n) is 3.14. The lowest BCUT2D eigenvalue weighted by molar-refractivity contribution is -0.200. The van der Waals surface area contributed by atoms with E-state index in [2.05, 4.69) is 14.9 Å². The zero-order chi connectivity index (χ0) is 11.4. The van der Waals surface area contributed by atoms with Gasteiger partial charge in [-0.1, -0.05) is 0 Å². The maximum Gasteiger partial charge on any atom is 0.218 e. The monoisotopic (exact) mass is 225 g/mol. The lowest BCUT2D eigenvalue weighted by atomic mass is 9.96.